The zero-order valence-electron chi connectivity index (χ0n) is 10.9. The fraction of sp³-hybridized carbons (Fsp3) is 0.133. The molecule has 2 N–H and O–H groups in total. The third-order valence-electron chi connectivity index (χ3n) is 2.90. The van der Waals surface area contributed by atoms with Gasteiger partial charge in [0.05, 0.1) is 10.6 Å². The van der Waals surface area contributed by atoms with Crippen molar-refractivity contribution in [2.24, 2.45) is 0 Å². The summed E-state index contributed by atoms with van der Waals surface area (Å²) < 4.78 is 13.4. The standard InChI is InChI=1S/C15H14ClFN2O/c1-19(9-10-4-2-5-11(18)8-10)15(20)12-6-3-7-13(17)14(12)16/h2-8H,9,18H2,1H3. The van der Waals surface area contributed by atoms with E-state index in [-0.39, 0.29) is 16.5 Å². The van der Waals surface area contributed by atoms with Crippen LogP contribution in [0.1, 0.15) is 15.9 Å². The van der Waals surface area contributed by atoms with Gasteiger partial charge in [0.1, 0.15) is 5.82 Å². The molecule has 2 aromatic carbocycles. The number of nitrogen functional groups attached to an aromatic ring is 1. The van der Waals surface area contributed by atoms with E-state index in [4.69, 9.17) is 17.3 Å². The lowest BCUT2D eigenvalue weighted by Gasteiger charge is -2.18. The zero-order chi connectivity index (χ0) is 14.7. The molecule has 5 heteroatoms. The smallest absolute Gasteiger partial charge is 0.255 e. The summed E-state index contributed by atoms with van der Waals surface area (Å²) in [5, 5.41) is -0.156. The molecule has 0 atom stereocenters. The van der Waals surface area contributed by atoms with Crippen molar-refractivity contribution >= 4 is 23.2 Å². The van der Waals surface area contributed by atoms with E-state index >= 15 is 0 Å². The summed E-state index contributed by atoms with van der Waals surface area (Å²) in [7, 11) is 1.63. The Balaban J connectivity index is 2.19. The Labute approximate surface area is 121 Å². The monoisotopic (exact) mass is 292 g/mol. The molecule has 0 aliphatic rings. The topological polar surface area (TPSA) is 46.3 Å². The van der Waals surface area contributed by atoms with Gasteiger partial charge in [-0.15, -0.1) is 0 Å². The molecule has 0 saturated heterocycles. The number of carbonyl (C=O) groups excluding carboxylic acids is 1. The number of hydrogen-bond donors (Lipinski definition) is 1. The van der Waals surface area contributed by atoms with Crippen LogP contribution < -0.4 is 5.73 Å². The molecular formula is C15H14ClFN2O. The lowest BCUT2D eigenvalue weighted by molar-refractivity contribution is 0.0785. The average molecular weight is 293 g/mol. The predicted molar refractivity (Wildman–Crippen MR) is 78.1 cm³/mol. The van der Waals surface area contributed by atoms with Gasteiger partial charge in [-0.2, -0.15) is 0 Å². The van der Waals surface area contributed by atoms with Crippen LogP contribution in [-0.4, -0.2) is 17.9 Å². The summed E-state index contributed by atoms with van der Waals surface area (Å²) in [6.45, 7) is 0.372. The highest BCUT2D eigenvalue weighted by Crippen LogP contribution is 2.21. The molecule has 0 unspecified atom stereocenters. The van der Waals surface area contributed by atoms with Gasteiger partial charge in [0, 0.05) is 19.3 Å². The Morgan fingerprint density at radius 3 is 2.70 bits per heavy atom. The Bertz CT molecular complexity index is 646. The lowest BCUT2D eigenvalue weighted by atomic mass is 10.1. The van der Waals surface area contributed by atoms with Crippen LogP contribution in [0.3, 0.4) is 0 Å². The Kier molecular flexibility index (Phi) is 4.25. The molecule has 1 amide bonds. The Morgan fingerprint density at radius 2 is 2.00 bits per heavy atom. The quantitative estimate of drug-likeness (QED) is 0.882. The minimum atomic E-state index is -0.602. The number of anilines is 1. The van der Waals surface area contributed by atoms with Gasteiger partial charge in [0.25, 0.3) is 5.91 Å². The Hall–Kier alpha value is -2.07. The maximum absolute atomic E-state index is 13.4. The highest BCUT2D eigenvalue weighted by Gasteiger charge is 2.17. The van der Waals surface area contributed by atoms with Gasteiger partial charge in [0.15, 0.2) is 0 Å². The van der Waals surface area contributed by atoms with E-state index in [0.29, 0.717) is 12.2 Å². The molecule has 0 fully saturated rings. The molecule has 0 spiro atoms. The number of rotatable bonds is 3. The van der Waals surface area contributed by atoms with Gasteiger partial charge >= 0.3 is 0 Å². The highest BCUT2D eigenvalue weighted by molar-refractivity contribution is 6.33. The van der Waals surface area contributed by atoms with Crippen LogP contribution in [0.4, 0.5) is 10.1 Å². The maximum atomic E-state index is 13.4. The first-order chi connectivity index (χ1) is 9.49. The van der Waals surface area contributed by atoms with Crippen LogP contribution in [0.15, 0.2) is 42.5 Å². The van der Waals surface area contributed by atoms with E-state index < -0.39 is 5.82 Å². The van der Waals surface area contributed by atoms with Crippen LogP contribution in [0.5, 0.6) is 0 Å². The fourth-order valence-electron chi connectivity index (χ4n) is 1.91. The van der Waals surface area contributed by atoms with Crippen molar-refractivity contribution in [3.8, 4) is 0 Å². The average Bonchev–Trinajstić information content (AvgIpc) is 2.41. The van der Waals surface area contributed by atoms with Gasteiger partial charge in [0.2, 0.25) is 0 Å². The Morgan fingerprint density at radius 1 is 1.30 bits per heavy atom. The molecule has 0 aliphatic heterocycles. The minimum absolute atomic E-state index is 0.151. The third-order valence-corrected chi connectivity index (χ3v) is 3.28. The highest BCUT2D eigenvalue weighted by atomic mass is 35.5. The van der Waals surface area contributed by atoms with Crippen LogP contribution in [0.25, 0.3) is 0 Å². The van der Waals surface area contributed by atoms with Crippen LogP contribution >= 0.6 is 11.6 Å². The second kappa shape index (κ2) is 5.92. The minimum Gasteiger partial charge on any atom is -0.399 e. The van der Waals surface area contributed by atoms with Crippen molar-refractivity contribution < 1.29 is 9.18 Å². The first kappa shape index (κ1) is 14.3. The SMILES string of the molecule is CN(Cc1cccc(N)c1)C(=O)c1cccc(F)c1Cl. The van der Waals surface area contributed by atoms with E-state index in [9.17, 15) is 9.18 Å². The molecule has 3 nitrogen and oxygen atoms in total. The number of benzene rings is 2. The normalized spacial score (nSPS) is 10.3. The number of nitrogens with zero attached hydrogens (tertiary/aromatic N) is 1. The number of hydrogen-bond acceptors (Lipinski definition) is 2. The summed E-state index contributed by atoms with van der Waals surface area (Å²) in [4.78, 5) is 13.7. The summed E-state index contributed by atoms with van der Waals surface area (Å²) >= 11 is 5.82. The van der Waals surface area contributed by atoms with Crippen molar-refractivity contribution in [3.63, 3.8) is 0 Å². The summed E-state index contributed by atoms with van der Waals surface area (Å²) in [5.74, 6) is -0.938. The van der Waals surface area contributed by atoms with Gasteiger partial charge in [-0.3, -0.25) is 4.79 Å². The molecule has 0 heterocycles. The lowest BCUT2D eigenvalue weighted by Crippen LogP contribution is -2.26. The van der Waals surface area contributed by atoms with Crippen LogP contribution in [0.2, 0.25) is 5.02 Å². The van der Waals surface area contributed by atoms with Crippen molar-refractivity contribution in [1.29, 1.82) is 0 Å². The number of halogens is 2. The van der Waals surface area contributed by atoms with Crippen molar-refractivity contribution in [2.45, 2.75) is 6.54 Å². The van der Waals surface area contributed by atoms with E-state index in [1.54, 1.807) is 19.2 Å². The first-order valence-electron chi connectivity index (χ1n) is 6.03. The molecule has 2 rings (SSSR count). The van der Waals surface area contributed by atoms with Crippen molar-refractivity contribution in [2.75, 3.05) is 12.8 Å². The summed E-state index contributed by atoms with van der Waals surface area (Å²) in [6, 6.07) is 11.4. The van der Waals surface area contributed by atoms with E-state index in [1.165, 1.54) is 23.1 Å². The molecule has 0 aliphatic carbocycles. The molecule has 0 radical (unpaired) electrons. The predicted octanol–water partition coefficient (Wildman–Crippen LogP) is 3.33. The zero-order valence-corrected chi connectivity index (χ0v) is 11.7. The third kappa shape index (κ3) is 3.08. The molecule has 0 bridgehead atoms. The van der Waals surface area contributed by atoms with Gasteiger partial charge in [-0.25, -0.2) is 4.39 Å². The fourth-order valence-corrected chi connectivity index (χ4v) is 2.12. The van der Waals surface area contributed by atoms with Gasteiger partial charge in [-0.1, -0.05) is 29.8 Å². The maximum Gasteiger partial charge on any atom is 0.255 e. The van der Waals surface area contributed by atoms with Crippen LogP contribution in [0, 0.1) is 5.82 Å². The van der Waals surface area contributed by atoms with E-state index in [0.717, 1.165) is 5.56 Å². The molecule has 20 heavy (non-hydrogen) atoms. The number of carbonyl (C=O) groups is 1. The van der Waals surface area contributed by atoms with Crippen molar-refractivity contribution in [1.82, 2.24) is 4.90 Å². The molecule has 104 valence electrons. The summed E-state index contributed by atoms with van der Waals surface area (Å²) in [5.41, 5.74) is 7.37. The largest absolute Gasteiger partial charge is 0.399 e. The summed E-state index contributed by atoms with van der Waals surface area (Å²) in [6.07, 6.45) is 0. The van der Waals surface area contributed by atoms with Crippen LogP contribution in [-0.2, 0) is 6.54 Å². The first-order valence-corrected chi connectivity index (χ1v) is 6.40. The molecular weight excluding hydrogens is 279 g/mol. The van der Waals surface area contributed by atoms with E-state index in [1.807, 2.05) is 12.1 Å². The second-order valence-corrected chi connectivity index (χ2v) is 4.89. The molecule has 0 aromatic heterocycles. The molecule has 2 aromatic rings. The molecule has 0 saturated carbocycles. The van der Waals surface area contributed by atoms with E-state index in [2.05, 4.69) is 0 Å². The second-order valence-electron chi connectivity index (χ2n) is 4.51. The van der Waals surface area contributed by atoms with Gasteiger partial charge in [-0.05, 0) is 29.8 Å². The van der Waals surface area contributed by atoms with Gasteiger partial charge < -0.3 is 10.6 Å². The van der Waals surface area contributed by atoms with Crippen molar-refractivity contribution in [3.05, 3.63) is 64.4 Å². The number of nitrogens with two attached hydrogens (primary N) is 1. The number of amides is 1.